The predicted molar refractivity (Wildman–Crippen MR) is 109 cm³/mol. The summed E-state index contributed by atoms with van der Waals surface area (Å²) in [6.45, 7) is 2.76. The molecule has 0 spiro atoms. The number of nitrogens with two attached hydrogens (primary N) is 1. The second kappa shape index (κ2) is 8.22. The Bertz CT molecular complexity index is 805. The van der Waals surface area contributed by atoms with Gasteiger partial charge in [-0.25, -0.2) is 9.35 Å². The van der Waals surface area contributed by atoms with E-state index in [-0.39, 0.29) is 22.6 Å². The minimum absolute atomic E-state index is 0.260. The van der Waals surface area contributed by atoms with Crippen LogP contribution in [-0.4, -0.2) is 35.9 Å². The van der Waals surface area contributed by atoms with Crippen molar-refractivity contribution in [3.05, 3.63) is 47.3 Å². The van der Waals surface area contributed by atoms with Gasteiger partial charge < -0.3 is 21.3 Å². The van der Waals surface area contributed by atoms with E-state index in [4.69, 9.17) is 10.1 Å². The van der Waals surface area contributed by atoms with Gasteiger partial charge in [0.2, 0.25) is 5.91 Å². The highest BCUT2D eigenvalue weighted by molar-refractivity contribution is 7.90. The topological polar surface area (TPSA) is 95.6 Å². The molecule has 3 aliphatic heterocycles. The molecule has 3 atom stereocenters. The Morgan fingerprint density at radius 1 is 1.33 bits per heavy atom. The second-order valence-electron chi connectivity index (χ2n) is 7.21. The quantitative estimate of drug-likeness (QED) is 0.677. The zero-order chi connectivity index (χ0) is 18.6. The number of carbonyl (C=O) groups is 1. The molecule has 27 heavy (non-hydrogen) atoms. The van der Waals surface area contributed by atoms with Gasteiger partial charge in [0.15, 0.2) is 0 Å². The maximum absolute atomic E-state index is 11.9. The van der Waals surface area contributed by atoms with Gasteiger partial charge in [0, 0.05) is 31.4 Å². The number of hydrogen-bond acceptors (Lipinski definition) is 6. The molecule has 0 aliphatic carbocycles. The van der Waals surface area contributed by atoms with E-state index in [1.165, 1.54) is 5.56 Å². The molecule has 0 saturated carbocycles. The number of amides is 1. The smallest absolute Gasteiger partial charge is 0.239 e. The van der Waals surface area contributed by atoms with E-state index >= 15 is 0 Å². The molecule has 1 fully saturated rings. The van der Waals surface area contributed by atoms with E-state index in [1.807, 2.05) is 24.4 Å². The predicted octanol–water partition coefficient (Wildman–Crippen LogP) is 1.36. The minimum Gasteiger partial charge on any atom is -0.368 e. The third-order valence-electron chi connectivity index (χ3n) is 5.25. The van der Waals surface area contributed by atoms with Crippen molar-refractivity contribution in [2.24, 2.45) is 16.0 Å². The van der Waals surface area contributed by atoms with Crippen molar-refractivity contribution in [1.29, 1.82) is 0 Å². The first-order valence-electron chi connectivity index (χ1n) is 9.44. The summed E-state index contributed by atoms with van der Waals surface area (Å²) in [6.07, 6.45) is 8.59. The molecule has 144 valence electrons. The number of aromatic nitrogens is 1. The normalized spacial score (nSPS) is 28.1. The summed E-state index contributed by atoms with van der Waals surface area (Å²) in [6, 6.07) is 3.76. The molecule has 1 aromatic rings. The Labute approximate surface area is 162 Å². The fourth-order valence-corrected chi connectivity index (χ4v) is 4.99. The third-order valence-corrected chi connectivity index (χ3v) is 6.66. The van der Waals surface area contributed by atoms with Crippen molar-refractivity contribution in [3.63, 3.8) is 0 Å². The zero-order valence-electron chi connectivity index (χ0n) is 15.3. The van der Waals surface area contributed by atoms with Gasteiger partial charge in [-0.2, -0.15) is 0 Å². The molecule has 0 radical (unpaired) electrons. The highest BCUT2D eigenvalue weighted by atomic mass is 32.2. The molecule has 3 unspecified atom stereocenters. The van der Waals surface area contributed by atoms with Gasteiger partial charge in [-0.3, -0.25) is 4.79 Å². The van der Waals surface area contributed by atoms with Crippen LogP contribution in [0, 0.1) is 5.92 Å². The van der Waals surface area contributed by atoms with Crippen LogP contribution < -0.4 is 21.3 Å². The lowest BCUT2D eigenvalue weighted by atomic mass is 9.99. The first kappa shape index (κ1) is 18.2. The molecule has 4 heterocycles. The Kier molecular flexibility index (Phi) is 5.54. The second-order valence-corrected chi connectivity index (χ2v) is 8.75. The van der Waals surface area contributed by atoms with E-state index in [0.717, 1.165) is 56.4 Å². The first-order valence-corrected chi connectivity index (χ1v) is 10.9. The summed E-state index contributed by atoms with van der Waals surface area (Å²) in [7, 11) is -0.260. The lowest BCUT2D eigenvalue weighted by Crippen LogP contribution is -2.41. The largest absolute Gasteiger partial charge is 0.368 e. The van der Waals surface area contributed by atoms with Gasteiger partial charge in [-0.15, -0.1) is 0 Å². The van der Waals surface area contributed by atoms with Crippen LogP contribution in [0.4, 0.5) is 5.82 Å². The molecule has 4 rings (SSSR count). The van der Waals surface area contributed by atoms with Crippen molar-refractivity contribution in [2.45, 2.75) is 31.8 Å². The lowest BCUT2D eigenvalue weighted by Gasteiger charge is -2.21. The maximum atomic E-state index is 11.9. The number of nitrogens with one attached hydrogen (secondary N) is 2. The van der Waals surface area contributed by atoms with Crippen LogP contribution in [-0.2, 0) is 22.0 Å². The number of pyridine rings is 1. The summed E-state index contributed by atoms with van der Waals surface area (Å²) >= 11 is 0. The fraction of sp³-hybridized carbons (Fsp3) is 0.474. The summed E-state index contributed by atoms with van der Waals surface area (Å²) in [4.78, 5) is 18.9. The van der Waals surface area contributed by atoms with Crippen molar-refractivity contribution in [3.8, 4) is 0 Å². The Morgan fingerprint density at radius 2 is 2.26 bits per heavy atom. The molecular formula is C19H26N6OS. The van der Waals surface area contributed by atoms with Crippen LogP contribution in [0.15, 0.2) is 46.1 Å². The van der Waals surface area contributed by atoms with Gasteiger partial charge in [0.1, 0.15) is 17.7 Å². The van der Waals surface area contributed by atoms with E-state index < -0.39 is 0 Å². The highest BCUT2D eigenvalue weighted by Gasteiger charge is 2.27. The first-order chi connectivity index (χ1) is 13.2. The number of anilines is 1. The molecule has 8 heteroatoms. The molecule has 3 aliphatic rings. The molecule has 1 amide bonds. The summed E-state index contributed by atoms with van der Waals surface area (Å²) in [5.74, 6) is 2.81. The van der Waals surface area contributed by atoms with E-state index in [9.17, 15) is 4.79 Å². The number of rotatable bonds is 1. The lowest BCUT2D eigenvalue weighted by molar-refractivity contribution is -0.120. The molecule has 4 bridgehead atoms. The van der Waals surface area contributed by atoms with Crippen LogP contribution in [0.2, 0.25) is 0 Å². The summed E-state index contributed by atoms with van der Waals surface area (Å²) in [5.41, 5.74) is 6.86. The number of hydrogen-bond donors (Lipinski definition) is 3. The molecule has 1 aromatic heterocycles. The molecule has 7 nitrogen and oxygen atoms in total. The van der Waals surface area contributed by atoms with Crippen molar-refractivity contribution < 1.29 is 4.79 Å². The Balaban J connectivity index is 1.59. The third kappa shape index (κ3) is 4.39. The molecular weight excluding hydrogens is 360 g/mol. The SMILES string of the molecule is NC(=O)C1CCC2CCN(C2)c2ncccc2CNCS2=NC(=CC=C2)N1. The van der Waals surface area contributed by atoms with Crippen LogP contribution >= 0.6 is 0 Å². The van der Waals surface area contributed by atoms with Crippen molar-refractivity contribution in [1.82, 2.24) is 15.6 Å². The van der Waals surface area contributed by atoms with Crippen molar-refractivity contribution >= 4 is 22.4 Å². The Morgan fingerprint density at radius 3 is 3.15 bits per heavy atom. The number of fused-ring (bicyclic) bond motifs is 5. The van der Waals surface area contributed by atoms with E-state index in [0.29, 0.717) is 5.92 Å². The van der Waals surface area contributed by atoms with Crippen LogP contribution in [0.3, 0.4) is 0 Å². The van der Waals surface area contributed by atoms with Crippen LogP contribution in [0.5, 0.6) is 0 Å². The summed E-state index contributed by atoms with van der Waals surface area (Å²) < 4.78 is 4.72. The highest BCUT2D eigenvalue weighted by Crippen LogP contribution is 2.28. The van der Waals surface area contributed by atoms with Gasteiger partial charge in [-0.05, 0) is 42.7 Å². The molecule has 0 aromatic carbocycles. The number of allylic oxidation sites excluding steroid dienone is 2. The molecule has 4 N–H and O–H groups in total. The number of nitrogens with zero attached hydrogens (tertiary/aromatic N) is 3. The van der Waals surface area contributed by atoms with Crippen LogP contribution in [0.25, 0.3) is 0 Å². The van der Waals surface area contributed by atoms with Gasteiger partial charge in [0.25, 0.3) is 0 Å². The monoisotopic (exact) mass is 386 g/mol. The standard InChI is InChI=1S/C19H26N6OS/c20-18(26)16-6-5-14-7-9-25(12-14)19-15(3-1-8-22-19)11-21-13-27-10-2-4-17(23-16)24-27/h1-4,8,10,14,16,21,23H,5-7,9,11-13H2,(H2,20,26). The van der Waals surface area contributed by atoms with E-state index in [2.05, 4.69) is 32.0 Å². The van der Waals surface area contributed by atoms with Crippen LogP contribution in [0.1, 0.15) is 24.8 Å². The zero-order valence-corrected chi connectivity index (χ0v) is 16.1. The van der Waals surface area contributed by atoms with Crippen molar-refractivity contribution in [2.75, 3.05) is 23.9 Å². The Hall–Kier alpha value is -2.19. The van der Waals surface area contributed by atoms with Gasteiger partial charge in [-0.1, -0.05) is 22.8 Å². The average molecular weight is 387 g/mol. The maximum Gasteiger partial charge on any atom is 0.239 e. The van der Waals surface area contributed by atoms with E-state index in [1.54, 1.807) is 0 Å². The van der Waals surface area contributed by atoms with Gasteiger partial charge in [0.05, 0.1) is 5.88 Å². The van der Waals surface area contributed by atoms with Gasteiger partial charge >= 0.3 is 0 Å². The molecule has 1 saturated heterocycles. The number of primary amides is 1. The average Bonchev–Trinajstić information content (AvgIpc) is 3.14. The fourth-order valence-electron chi connectivity index (χ4n) is 3.83. The number of carbonyl (C=O) groups excluding carboxylic acids is 1. The summed E-state index contributed by atoms with van der Waals surface area (Å²) in [5, 5.41) is 8.85. The minimum atomic E-state index is -0.380.